The summed E-state index contributed by atoms with van der Waals surface area (Å²) in [6.45, 7) is 5.27. The molecule has 0 aromatic carbocycles. The van der Waals surface area contributed by atoms with Crippen molar-refractivity contribution >= 4 is 23.6 Å². The van der Waals surface area contributed by atoms with E-state index in [2.05, 4.69) is 32.6 Å². The van der Waals surface area contributed by atoms with Crippen molar-refractivity contribution in [2.24, 2.45) is 4.99 Å². The van der Waals surface area contributed by atoms with Crippen LogP contribution >= 0.6 is 0 Å². The van der Waals surface area contributed by atoms with E-state index in [1.54, 1.807) is 30.3 Å². The third kappa shape index (κ3) is 3.40. The Labute approximate surface area is 190 Å². The summed E-state index contributed by atoms with van der Waals surface area (Å²) < 4.78 is 21.7. The molecule has 0 unspecified atom stereocenters. The normalized spacial score (nSPS) is 24.8. The number of fused-ring (bicyclic) bond motifs is 2. The van der Waals surface area contributed by atoms with E-state index >= 15 is 0 Å². The second kappa shape index (κ2) is 8.08. The number of hydrogen-bond donors (Lipinski definition) is 0. The van der Waals surface area contributed by atoms with E-state index in [-0.39, 0.29) is 23.8 Å². The molecule has 2 aromatic rings. The highest BCUT2D eigenvalue weighted by Crippen LogP contribution is 2.44. The monoisotopic (exact) mass is 449 g/mol. The molecule has 2 aromatic heterocycles. The van der Waals surface area contributed by atoms with Crippen LogP contribution in [0.25, 0.3) is 5.65 Å². The molecule has 3 aliphatic heterocycles. The number of carbonyl (C=O) groups excluding carboxylic acids is 1. The van der Waals surface area contributed by atoms with Crippen LogP contribution in [0.1, 0.15) is 25.7 Å². The SMILES string of the molecule is C=C(/C=C(/C#N)C=NC)[C@@H]1CC[C@H]2OC3(CCN(c4ccnc5c(F)cnn45)CC3)C(=O)N21. The van der Waals surface area contributed by atoms with Gasteiger partial charge in [0.2, 0.25) is 0 Å². The molecule has 0 radical (unpaired) electrons. The molecular formula is C23H24FN7O2. The fourth-order valence-corrected chi connectivity index (χ4v) is 5.13. The van der Waals surface area contributed by atoms with Crippen molar-refractivity contribution in [3.63, 3.8) is 0 Å². The summed E-state index contributed by atoms with van der Waals surface area (Å²) in [4.78, 5) is 25.4. The van der Waals surface area contributed by atoms with Crippen LogP contribution in [0, 0.1) is 17.1 Å². The molecule has 3 fully saturated rings. The van der Waals surface area contributed by atoms with E-state index in [9.17, 15) is 14.4 Å². The van der Waals surface area contributed by atoms with E-state index in [1.165, 1.54) is 10.7 Å². The quantitative estimate of drug-likeness (QED) is 0.403. The molecular weight excluding hydrogens is 425 g/mol. The molecule has 10 heteroatoms. The molecule has 9 nitrogen and oxygen atoms in total. The number of nitrogens with zero attached hydrogens (tertiary/aromatic N) is 7. The third-order valence-corrected chi connectivity index (χ3v) is 6.72. The topological polar surface area (TPSA) is 99.1 Å². The number of ether oxygens (including phenoxy) is 1. The van der Waals surface area contributed by atoms with Crippen molar-refractivity contribution in [2.75, 3.05) is 25.0 Å². The lowest BCUT2D eigenvalue weighted by Gasteiger charge is -2.38. The average molecular weight is 449 g/mol. The van der Waals surface area contributed by atoms with Crippen molar-refractivity contribution in [1.82, 2.24) is 19.5 Å². The van der Waals surface area contributed by atoms with Gasteiger partial charge in [-0.05, 0) is 30.6 Å². The molecule has 0 aliphatic carbocycles. The van der Waals surface area contributed by atoms with Gasteiger partial charge in [0, 0.05) is 45.4 Å². The minimum Gasteiger partial charge on any atom is -0.356 e. The number of anilines is 1. The van der Waals surface area contributed by atoms with E-state index in [1.807, 2.05) is 0 Å². The number of amides is 1. The van der Waals surface area contributed by atoms with Crippen LogP contribution < -0.4 is 4.90 Å². The Kier molecular flexibility index (Phi) is 5.21. The van der Waals surface area contributed by atoms with Gasteiger partial charge in [-0.15, -0.1) is 0 Å². The van der Waals surface area contributed by atoms with Gasteiger partial charge < -0.3 is 14.5 Å². The fourth-order valence-electron chi connectivity index (χ4n) is 5.13. The lowest BCUT2D eigenvalue weighted by atomic mass is 9.89. The first-order chi connectivity index (χ1) is 16.0. The molecule has 0 bridgehead atoms. The zero-order valence-electron chi connectivity index (χ0n) is 18.3. The Hall–Kier alpha value is -3.58. The van der Waals surface area contributed by atoms with Gasteiger partial charge in [0.25, 0.3) is 5.91 Å². The smallest absolute Gasteiger partial charge is 0.257 e. The highest BCUT2D eigenvalue weighted by molar-refractivity contribution is 5.89. The maximum absolute atomic E-state index is 13.9. The van der Waals surface area contributed by atoms with Crippen molar-refractivity contribution in [3.05, 3.63) is 48.1 Å². The summed E-state index contributed by atoms with van der Waals surface area (Å²) in [7, 11) is 1.60. The van der Waals surface area contributed by atoms with E-state index in [0.717, 1.165) is 24.9 Å². The average Bonchev–Trinajstić information content (AvgIpc) is 3.48. The zero-order valence-corrected chi connectivity index (χ0v) is 18.3. The minimum absolute atomic E-state index is 0.0168. The number of piperidine rings is 1. The van der Waals surface area contributed by atoms with Gasteiger partial charge in [-0.3, -0.25) is 9.79 Å². The molecule has 33 heavy (non-hydrogen) atoms. The number of halogens is 1. The summed E-state index contributed by atoms with van der Waals surface area (Å²) in [5, 5.41) is 13.4. The molecule has 3 saturated heterocycles. The molecule has 5 heterocycles. The number of hydrogen-bond acceptors (Lipinski definition) is 7. The summed E-state index contributed by atoms with van der Waals surface area (Å²) in [5.41, 5.74) is 0.426. The van der Waals surface area contributed by atoms with Crippen molar-refractivity contribution in [1.29, 1.82) is 5.26 Å². The molecule has 0 saturated carbocycles. The lowest BCUT2D eigenvalue weighted by molar-refractivity contribution is -0.140. The predicted molar refractivity (Wildman–Crippen MR) is 119 cm³/mol. The van der Waals surface area contributed by atoms with E-state index in [0.29, 0.717) is 37.1 Å². The summed E-state index contributed by atoms with van der Waals surface area (Å²) in [6, 6.07) is 3.70. The highest BCUT2D eigenvalue weighted by Gasteiger charge is 2.58. The molecule has 2 atom stereocenters. The second-order valence-electron chi connectivity index (χ2n) is 8.56. The van der Waals surface area contributed by atoms with Crippen LogP contribution in [0.15, 0.2) is 47.3 Å². The van der Waals surface area contributed by atoms with Gasteiger partial charge in [0.05, 0.1) is 17.8 Å². The second-order valence-corrected chi connectivity index (χ2v) is 8.56. The third-order valence-electron chi connectivity index (χ3n) is 6.72. The molecule has 1 spiro atoms. The summed E-state index contributed by atoms with van der Waals surface area (Å²) in [5.74, 6) is 0.255. The Balaban J connectivity index is 1.33. The number of allylic oxidation sites excluding steroid dienone is 1. The molecule has 5 rings (SSSR count). The number of aromatic nitrogens is 3. The highest BCUT2D eigenvalue weighted by atomic mass is 19.1. The molecule has 0 N–H and O–H groups in total. The Bertz CT molecular complexity index is 1220. The predicted octanol–water partition coefficient (Wildman–Crippen LogP) is 2.26. The van der Waals surface area contributed by atoms with Gasteiger partial charge in [-0.2, -0.15) is 14.9 Å². The van der Waals surface area contributed by atoms with Gasteiger partial charge >= 0.3 is 0 Å². The zero-order chi connectivity index (χ0) is 23.2. The van der Waals surface area contributed by atoms with Crippen molar-refractivity contribution in [3.8, 4) is 6.07 Å². The van der Waals surface area contributed by atoms with E-state index < -0.39 is 11.4 Å². The first-order valence-electron chi connectivity index (χ1n) is 10.9. The first-order valence-corrected chi connectivity index (χ1v) is 10.9. The van der Waals surface area contributed by atoms with Crippen molar-refractivity contribution in [2.45, 2.75) is 43.6 Å². The number of aliphatic imine (C=N–C) groups is 1. The maximum atomic E-state index is 13.9. The van der Waals surface area contributed by atoms with Crippen molar-refractivity contribution < 1.29 is 13.9 Å². The Morgan fingerprint density at radius 3 is 2.94 bits per heavy atom. The Morgan fingerprint density at radius 1 is 1.42 bits per heavy atom. The minimum atomic E-state index is -0.867. The van der Waals surface area contributed by atoms with Gasteiger partial charge in [0.15, 0.2) is 17.1 Å². The van der Waals surface area contributed by atoms with Gasteiger partial charge in [0.1, 0.15) is 18.1 Å². The summed E-state index contributed by atoms with van der Waals surface area (Å²) in [6.07, 6.45) is 8.14. The molecule has 1 amide bonds. The largest absolute Gasteiger partial charge is 0.356 e. The van der Waals surface area contributed by atoms with Gasteiger partial charge in [-0.1, -0.05) is 6.58 Å². The number of carbonyl (C=O) groups is 1. The van der Waals surface area contributed by atoms with Crippen LogP contribution in [-0.2, 0) is 9.53 Å². The summed E-state index contributed by atoms with van der Waals surface area (Å²) >= 11 is 0. The molecule has 170 valence electrons. The maximum Gasteiger partial charge on any atom is 0.257 e. The van der Waals surface area contributed by atoms with Crippen LogP contribution in [0.3, 0.4) is 0 Å². The van der Waals surface area contributed by atoms with Crippen LogP contribution in [0.4, 0.5) is 10.2 Å². The van der Waals surface area contributed by atoms with Gasteiger partial charge in [-0.25, -0.2) is 9.37 Å². The fraction of sp³-hybridized carbons (Fsp3) is 0.435. The first kappa shape index (κ1) is 21.3. The Morgan fingerprint density at radius 2 is 2.21 bits per heavy atom. The van der Waals surface area contributed by atoms with E-state index in [4.69, 9.17) is 4.74 Å². The number of rotatable bonds is 4. The van der Waals surface area contributed by atoms with Crippen LogP contribution in [-0.4, -0.2) is 69.6 Å². The van der Waals surface area contributed by atoms with Crippen LogP contribution in [0.2, 0.25) is 0 Å². The van der Waals surface area contributed by atoms with Crippen LogP contribution in [0.5, 0.6) is 0 Å². The number of nitriles is 1. The molecule has 3 aliphatic rings. The lowest BCUT2D eigenvalue weighted by Crippen LogP contribution is -2.51. The standard InChI is InChI=1S/C23H24FN7O2/c1-15(11-16(12-25)13-26-2)18-3-4-20-30(18)22(32)23(33-20)6-9-29(10-7-23)19-5-8-27-21-17(24)14-28-31(19)21/h5,8,11,13-14,18,20H,1,3-4,6-7,9-10H2,2H3/b16-11-,26-13?/t18-,20+/m0/s1.